The van der Waals surface area contributed by atoms with E-state index >= 15 is 0 Å². The summed E-state index contributed by atoms with van der Waals surface area (Å²) in [6.07, 6.45) is 0. The third kappa shape index (κ3) is 2.02. The van der Waals surface area contributed by atoms with Crippen molar-refractivity contribution in [3.63, 3.8) is 0 Å². The molecule has 0 saturated heterocycles. The summed E-state index contributed by atoms with van der Waals surface area (Å²) in [6, 6.07) is 16.4. The number of nitrogens with zero attached hydrogens (tertiary/aromatic N) is 4. The van der Waals surface area contributed by atoms with E-state index in [0.717, 1.165) is 22.2 Å². The minimum atomic E-state index is -0.283. The van der Waals surface area contributed by atoms with Gasteiger partial charge in [-0.25, -0.2) is 4.39 Å². The van der Waals surface area contributed by atoms with E-state index in [2.05, 4.69) is 20.3 Å². The van der Waals surface area contributed by atoms with Gasteiger partial charge in [0.1, 0.15) is 10.8 Å². The second-order valence-corrected chi connectivity index (χ2v) is 6.36. The van der Waals surface area contributed by atoms with Crippen LogP contribution in [0.25, 0.3) is 38.0 Å². The van der Waals surface area contributed by atoms with Crippen molar-refractivity contribution in [2.24, 2.45) is 0 Å². The summed E-state index contributed by atoms with van der Waals surface area (Å²) in [4.78, 5) is 4.00. The van der Waals surface area contributed by atoms with Crippen LogP contribution >= 0.6 is 11.3 Å². The molecule has 0 bridgehead atoms. The number of para-hydroxylation sites is 1. The summed E-state index contributed by atoms with van der Waals surface area (Å²) < 4.78 is 15.1. The molecule has 0 saturated carbocycles. The number of benzene rings is 2. The second kappa shape index (κ2) is 4.97. The van der Waals surface area contributed by atoms with Crippen molar-refractivity contribution in [2.75, 3.05) is 0 Å². The summed E-state index contributed by atoms with van der Waals surface area (Å²) >= 11 is 1.38. The van der Waals surface area contributed by atoms with Crippen LogP contribution in [0.1, 0.15) is 0 Å². The molecule has 0 atom stereocenters. The van der Waals surface area contributed by atoms with Crippen LogP contribution in [-0.4, -0.2) is 24.8 Å². The van der Waals surface area contributed by atoms with Gasteiger partial charge in [0, 0.05) is 16.5 Å². The molecule has 1 N–H and O–H groups in total. The second-order valence-electron chi connectivity index (χ2n) is 5.41. The van der Waals surface area contributed by atoms with E-state index < -0.39 is 0 Å². The van der Waals surface area contributed by atoms with Crippen LogP contribution in [0.2, 0.25) is 0 Å². The fourth-order valence-corrected chi connectivity index (χ4v) is 3.55. The fourth-order valence-electron chi connectivity index (χ4n) is 2.72. The fraction of sp³-hybridized carbons (Fsp3) is 0. The highest BCUT2D eigenvalue weighted by Crippen LogP contribution is 2.29. The third-order valence-electron chi connectivity index (χ3n) is 3.83. The van der Waals surface area contributed by atoms with Gasteiger partial charge < -0.3 is 4.98 Å². The predicted octanol–water partition coefficient (Wildman–Crippen LogP) is 4.14. The lowest BCUT2D eigenvalue weighted by atomic mass is 10.2. The summed E-state index contributed by atoms with van der Waals surface area (Å²) in [5.74, 6) is 0.356. The zero-order valence-corrected chi connectivity index (χ0v) is 13.1. The van der Waals surface area contributed by atoms with Crippen LogP contribution in [0.3, 0.4) is 0 Å². The zero-order valence-electron chi connectivity index (χ0n) is 12.3. The van der Waals surface area contributed by atoms with Gasteiger partial charge in [-0.15, -0.1) is 10.2 Å². The molecule has 0 aliphatic rings. The number of H-pyrrole nitrogens is 1. The van der Waals surface area contributed by atoms with Crippen LogP contribution < -0.4 is 0 Å². The van der Waals surface area contributed by atoms with E-state index in [4.69, 9.17) is 0 Å². The molecule has 5 aromatic rings. The van der Waals surface area contributed by atoms with Gasteiger partial charge in [-0.1, -0.05) is 41.7 Å². The number of nitrogens with one attached hydrogen (secondary N) is 1. The summed E-state index contributed by atoms with van der Waals surface area (Å²) in [5, 5.41) is 14.8. The molecule has 0 fully saturated rings. The Hall–Kier alpha value is -3.06. The number of hydrogen-bond acceptors (Lipinski definition) is 4. The van der Waals surface area contributed by atoms with Crippen molar-refractivity contribution in [3.8, 4) is 22.1 Å². The number of fused-ring (bicyclic) bond motifs is 2. The lowest BCUT2D eigenvalue weighted by Crippen LogP contribution is -1.91. The number of hydrogen-bond donors (Lipinski definition) is 1. The maximum atomic E-state index is 13.4. The Morgan fingerprint density at radius 1 is 1.00 bits per heavy atom. The molecule has 24 heavy (non-hydrogen) atoms. The SMILES string of the molecule is Fc1cccc(-c2nn3c(-c4cc5ccccc5[nH]4)nnc3s2)c1. The standard InChI is InChI=1S/C17H10FN5S/c18-12-6-3-5-11(8-12)16-22-23-15(20-21-17(23)24-16)14-9-10-4-1-2-7-13(10)19-14/h1-9,19H. The third-order valence-corrected chi connectivity index (χ3v) is 4.78. The van der Waals surface area contributed by atoms with Gasteiger partial charge in [-0.3, -0.25) is 0 Å². The van der Waals surface area contributed by atoms with E-state index in [0.29, 0.717) is 15.8 Å². The Morgan fingerprint density at radius 3 is 2.79 bits per heavy atom. The van der Waals surface area contributed by atoms with E-state index in [1.807, 2.05) is 36.4 Å². The van der Waals surface area contributed by atoms with Crippen LogP contribution in [0, 0.1) is 5.82 Å². The molecule has 0 unspecified atom stereocenters. The van der Waals surface area contributed by atoms with E-state index in [-0.39, 0.29) is 5.82 Å². The lowest BCUT2D eigenvalue weighted by Gasteiger charge is -1.95. The van der Waals surface area contributed by atoms with Crippen molar-refractivity contribution < 1.29 is 4.39 Å². The lowest BCUT2D eigenvalue weighted by molar-refractivity contribution is 0.628. The maximum absolute atomic E-state index is 13.4. The van der Waals surface area contributed by atoms with Crippen molar-refractivity contribution in [2.45, 2.75) is 0 Å². The minimum Gasteiger partial charge on any atom is -0.352 e. The molecule has 2 aromatic carbocycles. The van der Waals surface area contributed by atoms with E-state index in [1.54, 1.807) is 10.6 Å². The van der Waals surface area contributed by atoms with Gasteiger partial charge in [0.05, 0.1) is 5.69 Å². The first kappa shape index (κ1) is 13.4. The van der Waals surface area contributed by atoms with Crippen molar-refractivity contribution >= 4 is 27.2 Å². The quantitative estimate of drug-likeness (QED) is 0.527. The Labute approximate surface area is 139 Å². The van der Waals surface area contributed by atoms with Gasteiger partial charge in [0.15, 0.2) is 0 Å². The summed E-state index contributed by atoms with van der Waals surface area (Å²) in [6.45, 7) is 0. The molecular weight excluding hydrogens is 325 g/mol. The minimum absolute atomic E-state index is 0.283. The van der Waals surface area contributed by atoms with Crippen molar-refractivity contribution in [1.82, 2.24) is 24.8 Å². The number of rotatable bonds is 2. The normalized spacial score (nSPS) is 11.5. The van der Waals surface area contributed by atoms with Gasteiger partial charge in [-0.05, 0) is 24.3 Å². The molecular formula is C17H10FN5S. The van der Waals surface area contributed by atoms with Gasteiger partial charge in [-0.2, -0.15) is 9.61 Å². The summed E-state index contributed by atoms with van der Waals surface area (Å²) in [5.41, 5.74) is 2.61. The summed E-state index contributed by atoms with van der Waals surface area (Å²) in [7, 11) is 0. The van der Waals surface area contributed by atoms with Crippen molar-refractivity contribution in [1.29, 1.82) is 0 Å². The van der Waals surface area contributed by atoms with Crippen LogP contribution in [-0.2, 0) is 0 Å². The Morgan fingerprint density at radius 2 is 1.92 bits per heavy atom. The van der Waals surface area contributed by atoms with Crippen LogP contribution in [0.15, 0.2) is 54.6 Å². The Bertz CT molecular complexity index is 1150. The monoisotopic (exact) mass is 335 g/mol. The molecule has 5 nitrogen and oxygen atoms in total. The number of aromatic nitrogens is 5. The Kier molecular flexibility index (Phi) is 2.77. The highest BCUT2D eigenvalue weighted by atomic mass is 32.1. The molecule has 0 spiro atoms. The average Bonchev–Trinajstić information content (AvgIpc) is 3.27. The smallest absolute Gasteiger partial charge is 0.235 e. The maximum Gasteiger partial charge on any atom is 0.235 e. The van der Waals surface area contributed by atoms with E-state index in [9.17, 15) is 4.39 Å². The average molecular weight is 335 g/mol. The topological polar surface area (TPSA) is 58.9 Å². The molecule has 7 heteroatoms. The first-order chi connectivity index (χ1) is 11.8. The van der Waals surface area contributed by atoms with Gasteiger partial charge in [0.2, 0.25) is 10.8 Å². The molecule has 0 aliphatic heterocycles. The highest BCUT2D eigenvalue weighted by Gasteiger charge is 2.16. The first-order valence-electron chi connectivity index (χ1n) is 7.34. The van der Waals surface area contributed by atoms with E-state index in [1.165, 1.54) is 23.5 Å². The molecule has 5 rings (SSSR count). The highest BCUT2D eigenvalue weighted by molar-refractivity contribution is 7.19. The predicted molar refractivity (Wildman–Crippen MR) is 91.3 cm³/mol. The molecule has 0 radical (unpaired) electrons. The van der Waals surface area contributed by atoms with Gasteiger partial charge >= 0.3 is 0 Å². The van der Waals surface area contributed by atoms with Crippen LogP contribution in [0.4, 0.5) is 4.39 Å². The molecule has 116 valence electrons. The van der Waals surface area contributed by atoms with Gasteiger partial charge in [0.25, 0.3) is 0 Å². The zero-order chi connectivity index (χ0) is 16.1. The Balaban J connectivity index is 1.67. The van der Waals surface area contributed by atoms with Crippen molar-refractivity contribution in [3.05, 3.63) is 60.4 Å². The number of halogens is 1. The molecule has 3 aromatic heterocycles. The largest absolute Gasteiger partial charge is 0.352 e. The number of aromatic amines is 1. The van der Waals surface area contributed by atoms with Crippen LogP contribution in [0.5, 0.6) is 0 Å². The molecule has 0 aliphatic carbocycles. The first-order valence-corrected chi connectivity index (χ1v) is 8.16. The molecule has 3 heterocycles. The molecule has 0 amide bonds.